The predicted octanol–water partition coefficient (Wildman–Crippen LogP) is 3.08. The Labute approximate surface area is 144 Å². The van der Waals surface area contributed by atoms with E-state index in [-0.39, 0.29) is 6.10 Å². The minimum absolute atomic E-state index is 0.339. The molecular formula is C20H26N2O2. The molecule has 2 heterocycles. The number of rotatable bonds is 6. The average molecular weight is 326 g/mol. The number of hydrogen-bond acceptors (Lipinski definition) is 4. The van der Waals surface area contributed by atoms with E-state index in [2.05, 4.69) is 22.0 Å². The molecule has 1 aliphatic heterocycles. The molecule has 1 saturated heterocycles. The number of likely N-dealkylation sites (tertiary alicyclic amines) is 1. The SMILES string of the molecule is COc1ccc(CCN2CCC(C(O)c3cccnc3)CC2)cc1. The lowest BCUT2D eigenvalue weighted by atomic mass is 9.88. The third-order valence-electron chi connectivity index (χ3n) is 4.98. The summed E-state index contributed by atoms with van der Waals surface area (Å²) < 4.78 is 5.20. The van der Waals surface area contributed by atoms with Crippen LogP contribution in [0.3, 0.4) is 0 Å². The van der Waals surface area contributed by atoms with E-state index >= 15 is 0 Å². The number of hydrogen-bond donors (Lipinski definition) is 1. The maximum Gasteiger partial charge on any atom is 0.118 e. The number of ether oxygens (including phenoxy) is 1. The standard InChI is InChI=1S/C20H26N2O2/c1-24-19-6-4-16(5-7-19)8-12-22-13-9-17(10-14-22)20(23)18-3-2-11-21-15-18/h2-7,11,15,17,20,23H,8-10,12-14H2,1H3. The van der Waals surface area contributed by atoms with Crippen molar-refractivity contribution in [2.45, 2.75) is 25.4 Å². The highest BCUT2D eigenvalue weighted by atomic mass is 16.5. The summed E-state index contributed by atoms with van der Waals surface area (Å²) in [5.74, 6) is 1.25. The Morgan fingerprint density at radius 2 is 1.96 bits per heavy atom. The van der Waals surface area contributed by atoms with Gasteiger partial charge in [0.05, 0.1) is 13.2 Å². The summed E-state index contributed by atoms with van der Waals surface area (Å²) in [5.41, 5.74) is 2.28. The Balaban J connectivity index is 1.45. The van der Waals surface area contributed by atoms with Gasteiger partial charge in [0.25, 0.3) is 0 Å². The molecule has 0 saturated carbocycles. The van der Waals surface area contributed by atoms with Crippen LogP contribution in [0, 0.1) is 5.92 Å². The van der Waals surface area contributed by atoms with Crippen molar-refractivity contribution in [2.24, 2.45) is 5.92 Å². The first-order chi connectivity index (χ1) is 11.8. The molecule has 0 radical (unpaired) electrons. The lowest BCUT2D eigenvalue weighted by Gasteiger charge is -2.34. The number of methoxy groups -OCH3 is 1. The Morgan fingerprint density at radius 3 is 2.58 bits per heavy atom. The molecule has 1 atom stereocenters. The fourth-order valence-electron chi connectivity index (χ4n) is 3.39. The number of pyridine rings is 1. The topological polar surface area (TPSA) is 45.6 Å². The smallest absolute Gasteiger partial charge is 0.118 e. The Morgan fingerprint density at radius 1 is 1.21 bits per heavy atom. The number of aliphatic hydroxyl groups is 1. The van der Waals surface area contributed by atoms with Crippen molar-refractivity contribution >= 4 is 0 Å². The first-order valence-corrected chi connectivity index (χ1v) is 8.69. The maximum atomic E-state index is 10.5. The zero-order chi connectivity index (χ0) is 16.8. The molecule has 1 aromatic heterocycles. The van der Waals surface area contributed by atoms with Crippen molar-refractivity contribution in [2.75, 3.05) is 26.7 Å². The van der Waals surface area contributed by atoms with E-state index in [4.69, 9.17) is 4.74 Å². The van der Waals surface area contributed by atoms with E-state index in [1.807, 2.05) is 24.3 Å². The van der Waals surface area contributed by atoms with Crippen molar-refractivity contribution in [3.8, 4) is 5.75 Å². The fourth-order valence-corrected chi connectivity index (χ4v) is 3.39. The lowest BCUT2D eigenvalue weighted by Crippen LogP contribution is -2.36. The highest BCUT2D eigenvalue weighted by Gasteiger charge is 2.26. The number of nitrogens with zero attached hydrogens (tertiary/aromatic N) is 2. The molecule has 1 aliphatic rings. The Bertz CT molecular complexity index is 607. The summed E-state index contributed by atoms with van der Waals surface area (Å²) in [6.07, 6.45) is 6.28. The van der Waals surface area contributed by atoms with Gasteiger partial charge in [0.1, 0.15) is 5.75 Å². The normalized spacial score (nSPS) is 17.6. The van der Waals surface area contributed by atoms with Gasteiger partial charge in [-0.25, -0.2) is 0 Å². The summed E-state index contributed by atoms with van der Waals surface area (Å²) in [4.78, 5) is 6.61. The second kappa shape index (κ2) is 8.27. The summed E-state index contributed by atoms with van der Waals surface area (Å²) in [5, 5.41) is 10.5. The van der Waals surface area contributed by atoms with Crippen LogP contribution in [0.2, 0.25) is 0 Å². The van der Waals surface area contributed by atoms with Crippen molar-refractivity contribution < 1.29 is 9.84 Å². The molecule has 0 amide bonds. The van der Waals surface area contributed by atoms with Crippen LogP contribution in [0.25, 0.3) is 0 Å². The van der Waals surface area contributed by atoms with Crippen LogP contribution in [-0.4, -0.2) is 41.7 Å². The molecule has 1 aromatic carbocycles. The highest BCUT2D eigenvalue weighted by Crippen LogP contribution is 2.30. The van der Waals surface area contributed by atoms with Crippen molar-refractivity contribution in [3.63, 3.8) is 0 Å². The zero-order valence-electron chi connectivity index (χ0n) is 14.3. The van der Waals surface area contributed by atoms with E-state index in [0.29, 0.717) is 5.92 Å². The van der Waals surface area contributed by atoms with E-state index in [9.17, 15) is 5.11 Å². The van der Waals surface area contributed by atoms with Crippen molar-refractivity contribution in [1.29, 1.82) is 0 Å². The van der Waals surface area contributed by atoms with Crippen molar-refractivity contribution in [3.05, 3.63) is 59.9 Å². The van der Waals surface area contributed by atoms with Crippen LogP contribution >= 0.6 is 0 Å². The quantitative estimate of drug-likeness (QED) is 0.886. The second-order valence-corrected chi connectivity index (χ2v) is 6.51. The van der Waals surface area contributed by atoms with Gasteiger partial charge in [0.2, 0.25) is 0 Å². The van der Waals surface area contributed by atoms with Gasteiger partial charge in [-0.3, -0.25) is 4.98 Å². The van der Waals surface area contributed by atoms with Crippen LogP contribution < -0.4 is 4.74 Å². The van der Waals surface area contributed by atoms with E-state index in [1.165, 1.54) is 5.56 Å². The number of benzene rings is 1. The molecule has 1 N–H and O–H groups in total. The van der Waals surface area contributed by atoms with E-state index in [0.717, 1.165) is 50.2 Å². The van der Waals surface area contributed by atoms with Gasteiger partial charge < -0.3 is 14.7 Å². The van der Waals surface area contributed by atoms with Gasteiger partial charge in [0.15, 0.2) is 0 Å². The van der Waals surface area contributed by atoms with Crippen LogP contribution in [0.15, 0.2) is 48.8 Å². The molecule has 4 nitrogen and oxygen atoms in total. The van der Waals surface area contributed by atoms with Gasteiger partial charge in [-0.2, -0.15) is 0 Å². The number of aromatic nitrogens is 1. The Hall–Kier alpha value is -1.91. The highest BCUT2D eigenvalue weighted by molar-refractivity contribution is 5.27. The monoisotopic (exact) mass is 326 g/mol. The van der Waals surface area contributed by atoms with Crippen LogP contribution in [0.4, 0.5) is 0 Å². The van der Waals surface area contributed by atoms with Gasteiger partial charge in [-0.1, -0.05) is 18.2 Å². The lowest BCUT2D eigenvalue weighted by molar-refractivity contribution is 0.0590. The van der Waals surface area contributed by atoms with Gasteiger partial charge in [-0.15, -0.1) is 0 Å². The first kappa shape index (κ1) is 16.9. The molecule has 4 heteroatoms. The molecule has 2 aromatic rings. The molecule has 0 aliphatic carbocycles. The van der Waals surface area contributed by atoms with E-state index < -0.39 is 0 Å². The summed E-state index contributed by atoms with van der Waals surface area (Å²) in [6.45, 7) is 3.18. The zero-order valence-corrected chi connectivity index (χ0v) is 14.3. The Kier molecular flexibility index (Phi) is 5.83. The minimum atomic E-state index is -0.387. The minimum Gasteiger partial charge on any atom is -0.497 e. The predicted molar refractivity (Wildman–Crippen MR) is 95.1 cm³/mol. The van der Waals surface area contributed by atoms with E-state index in [1.54, 1.807) is 19.5 Å². The third-order valence-corrected chi connectivity index (χ3v) is 4.98. The third kappa shape index (κ3) is 4.34. The molecular weight excluding hydrogens is 300 g/mol. The van der Waals surface area contributed by atoms with Crippen LogP contribution in [0.1, 0.15) is 30.1 Å². The van der Waals surface area contributed by atoms with Gasteiger partial charge in [-0.05, 0) is 67.6 Å². The number of piperidine rings is 1. The molecule has 0 bridgehead atoms. The second-order valence-electron chi connectivity index (χ2n) is 6.51. The van der Waals surface area contributed by atoms with Gasteiger partial charge >= 0.3 is 0 Å². The van der Waals surface area contributed by atoms with Gasteiger partial charge in [0, 0.05) is 18.9 Å². The molecule has 24 heavy (non-hydrogen) atoms. The molecule has 128 valence electrons. The largest absolute Gasteiger partial charge is 0.497 e. The molecule has 1 fully saturated rings. The first-order valence-electron chi connectivity index (χ1n) is 8.69. The fraction of sp³-hybridized carbons (Fsp3) is 0.450. The molecule has 0 spiro atoms. The molecule has 1 unspecified atom stereocenters. The maximum absolute atomic E-state index is 10.5. The summed E-state index contributed by atoms with van der Waals surface area (Å²) >= 11 is 0. The number of aliphatic hydroxyl groups excluding tert-OH is 1. The van der Waals surface area contributed by atoms with Crippen LogP contribution in [-0.2, 0) is 6.42 Å². The molecule has 3 rings (SSSR count). The average Bonchev–Trinajstić information content (AvgIpc) is 2.67. The van der Waals surface area contributed by atoms with Crippen LogP contribution in [0.5, 0.6) is 5.75 Å². The summed E-state index contributed by atoms with van der Waals surface area (Å²) in [6, 6.07) is 12.2. The van der Waals surface area contributed by atoms with Crippen molar-refractivity contribution in [1.82, 2.24) is 9.88 Å². The summed E-state index contributed by atoms with van der Waals surface area (Å²) in [7, 11) is 1.69.